The summed E-state index contributed by atoms with van der Waals surface area (Å²) in [5.41, 5.74) is 0.825. The van der Waals surface area contributed by atoms with E-state index in [-0.39, 0.29) is 29.9 Å². The number of fused-ring (bicyclic) bond motifs is 3. The van der Waals surface area contributed by atoms with Crippen LogP contribution in [0.25, 0.3) is 10.8 Å². The number of amides is 2. The SMILES string of the molecule is CN(C(=O)Nc1ccc(F)c(C#N)c1)C1COCc2[nH]c(=O)c3cc(F)ccc3c21. The Hall–Kier alpha value is -3.77. The Kier molecular flexibility index (Phi) is 4.93. The van der Waals surface area contributed by atoms with Crippen molar-refractivity contribution >= 4 is 22.5 Å². The van der Waals surface area contributed by atoms with Gasteiger partial charge in [-0.2, -0.15) is 5.26 Å². The second-order valence-electron chi connectivity index (χ2n) is 6.91. The molecule has 7 nitrogen and oxygen atoms in total. The van der Waals surface area contributed by atoms with Crippen LogP contribution in [0.5, 0.6) is 0 Å². The Bertz CT molecular complexity index is 1270. The highest BCUT2D eigenvalue weighted by molar-refractivity contribution is 5.91. The first kappa shape index (κ1) is 19.5. The number of carbonyl (C=O) groups excluding carboxylic acids is 1. The third kappa shape index (κ3) is 3.38. The summed E-state index contributed by atoms with van der Waals surface area (Å²) in [5.74, 6) is -1.21. The molecule has 3 aromatic rings. The van der Waals surface area contributed by atoms with Crippen LogP contribution in [0.2, 0.25) is 0 Å². The van der Waals surface area contributed by atoms with Crippen molar-refractivity contribution in [3.63, 3.8) is 0 Å². The van der Waals surface area contributed by atoms with Crippen molar-refractivity contribution in [1.82, 2.24) is 9.88 Å². The minimum Gasteiger partial charge on any atom is -0.373 e. The molecule has 0 bridgehead atoms. The van der Waals surface area contributed by atoms with Gasteiger partial charge in [0.2, 0.25) is 0 Å². The van der Waals surface area contributed by atoms with Crippen LogP contribution in [0.4, 0.5) is 19.3 Å². The van der Waals surface area contributed by atoms with Gasteiger partial charge in [-0.3, -0.25) is 4.79 Å². The maximum absolute atomic E-state index is 13.7. The van der Waals surface area contributed by atoms with Gasteiger partial charge in [-0.1, -0.05) is 6.07 Å². The van der Waals surface area contributed by atoms with Crippen molar-refractivity contribution in [3.05, 3.63) is 75.2 Å². The minimum absolute atomic E-state index is 0.160. The Morgan fingerprint density at radius 2 is 2.07 bits per heavy atom. The van der Waals surface area contributed by atoms with Gasteiger partial charge in [-0.15, -0.1) is 0 Å². The highest BCUT2D eigenvalue weighted by Crippen LogP contribution is 2.33. The van der Waals surface area contributed by atoms with E-state index in [0.717, 1.165) is 12.1 Å². The molecule has 9 heteroatoms. The molecule has 4 rings (SSSR count). The van der Waals surface area contributed by atoms with E-state index in [1.807, 2.05) is 0 Å². The lowest BCUT2D eigenvalue weighted by atomic mass is 9.96. The van der Waals surface area contributed by atoms with Crippen LogP contribution in [0.1, 0.15) is 22.9 Å². The number of aromatic nitrogens is 1. The van der Waals surface area contributed by atoms with E-state index in [1.165, 1.54) is 29.2 Å². The highest BCUT2D eigenvalue weighted by Gasteiger charge is 2.30. The van der Waals surface area contributed by atoms with Gasteiger partial charge in [0, 0.05) is 24.0 Å². The molecule has 2 N–H and O–H groups in total. The number of ether oxygens (including phenoxy) is 1. The summed E-state index contributed by atoms with van der Waals surface area (Å²) in [4.78, 5) is 29.2. The number of pyridine rings is 1. The first-order valence-electron chi connectivity index (χ1n) is 9.04. The number of hydrogen-bond donors (Lipinski definition) is 2. The van der Waals surface area contributed by atoms with E-state index in [0.29, 0.717) is 16.6 Å². The summed E-state index contributed by atoms with van der Waals surface area (Å²) < 4.78 is 32.7. The van der Waals surface area contributed by atoms with E-state index in [4.69, 9.17) is 10.00 Å². The fourth-order valence-electron chi connectivity index (χ4n) is 3.57. The molecule has 1 atom stereocenters. The Balaban J connectivity index is 1.70. The molecule has 0 spiro atoms. The molecule has 152 valence electrons. The molecule has 0 fully saturated rings. The van der Waals surface area contributed by atoms with Gasteiger partial charge >= 0.3 is 6.03 Å². The van der Waals surface area contributed by atoms with Crippen LogP contribution in [0.15, 0.2) is 41.2 Å². The molecule has 1 aliphatic rings. The summed E-state index contributed by atoms with van der Waals surface area (Å²) in [6.45, 7) is 0.329. The number of urea groups is 1. The van der Waals surface area contributed by atoms with Gasteiger partial charge in [0.15, 0.2) is 0 Å². The van der Waals surface area contributed by atoms with E-state index in [2.05, 4.69) is 10.3 Å². The number of hydrogen-bond acceptors (Lipinski definition) is 4. The second kappa shape index (κ2) is 7.57. The van der Waals surface area contributed by atoms with Gasteiger partial charge in [-0.25, -0.2) is 13.6 Å². The van der Waals surface area contributed by atoms with Gasteiger partial charge < -0.3 is 19.9 Å². The average molecular weight is 410 g/mol. The summed E-state index contributed by atoms with van der Waals surface area (Å²) in [6, 6.07) is 8.26. The molecule has 0 aliphatic carbocycles. The highest BCUT2D eigenvalue weighted by atomic mass is 19.1. The Morgan fingerprint density at radius 1 is 1.27 bits per heavy atom. The number of aromatic amines is 1. The molecule has 1 aliphatic heterocycles. The molecule has 2 heterocycles. The minimum atomic E-state index is -0.680. The van der Waals surface area contributed by atoms with Crippen LogP contribution < -0.4 is 10.9 Å². The molecule has 2 amide bonds. The number of nitrogens with zero attached hydrogens (tertiary/aromatic N) is 2. The topological polar surface area (TPSA) is 98.2 Å². The zero-order chi connectivity index (χ0) is 21.4. The molecule has 2 aromatic carbocycles. The van der Waals surface area contributed by atoms with Crippen molar-refractivity contribution in [1.29, 1.82) is 5.26 Å². The molecule has 0 saturated carbocycles. The zero-order valence-corrected chi connectivity index (χ0v) is 15.8. The second-order valence-corrected chi connectivity index (χ2v) is 6.91. The Morgan fingerprint density at radius 3 is 2.83 bits per heavy atom. The van der Waals surface area contributed by atoms with Crippen molar-refractivity contribution in [2.75, 3.05) is 19.0 Å². The van der Waals surface area contributed by atoms with Gasteiger partial charge in [0.05, 0.1) is 30.2 Å². The smallest absolute Gasteiger partial charge is 0.322 e. The third-order valence-electron chi connectivity index (χ3n) is 5.09. The maximum Gasteiger partial charge on any atom is 0.322 e. The molecule has 1 unspecified atom stereocenters. The van der Waals surface area contributed by atoms with Crippen molar-refractivity contribution in [3.8, 4) is 6.07 Å². The van der Waals surface area contributed by atoms with Crippen LogP contribution in [-0.4, -0.2) is 29.6 Å². The zero-order valence-electron chi connectivity index (χ0n) is 15.8. The number of carbonyl (C=O) groups is 1. The fraction of sp³-hybridized carbons (Fsp3) is 0.190. The van der Waals surface area contributed by atoms with Crippen molar-refractivity contribution in [2.45, 2.75) is 12.6 Å². The Labute approximate surface area is 169 Å². The first-order valence-corrected chi connectivity index (χ1v) is 9.04. The quantitative estimate of drug-likeness (QED) is 0.676. The summed E-state index contributed by atoms with van der Waals surface area (Å²) >= 11 is 0. The maximum atomic E-state index is 13.7. The predicted molar refractivity (Wildman–Crippen MR) is 105 cm³/mol. The van der Waals surface area contributed by atoms with Crippen molar-refractivity contribution < 1.29 is 18.3 Å². The van der Waals surface area contributed by atoms with E-state index < -0.39 is 29.3 Å². The average Bonchev–Trinajstić information content (AvgIpc) is 2.74. The number of nitrogens with one attached hydrogen (secondary N) is 2. The molecular weight excluding hydrogens is 394 g/mol. The summed E-state index contributed by atoms with van der Waals surface area (Å²) in [6.07, 6.45) is 0. The van der Waals surface area contributed by atoms with Crippen molar-refractivity contribution in [2.24, 2.45) is 0 Å². The number of rotatable bonds is 2. The molecular formula is C21H16F2N4O3. The normalized spacial score (nSPS) is 15.3. The van der Waals surface area contributed by atoms with E-state index >= 15 is 0 Å². The standard InChI is InChI=1S/C21H16F2N4O3/c1-27(21(29)25-13-3-5-16(23)11(6-13)8-24)18-10-30-9-17-19(18)14-4-2-12(22)7-15(14)20(28)26-17/h2-7,18H,9-10H2,1H3,(H,25,29)(H,26,28). The number of benzene rings is 2. The lowest BCUT2D eigenvalue weighted by Crippen LogP contribution is -2.39. The van der Waals surface area contributed by atoms with Crippen LogP contribution in [-0.2, 0) is 11.3 Å². The molecule has 30 heavy (non-hydrogen) atoms. The number of halogens is 2. The largest absolute Gasteiger partial charge is 0.373 e. The number of likely N-dealkylation sites (N-methyl/N-ethyl adjacent to an activating group) is 1. The van der Waals surface area contributed by atoms with E-state index in [1.54, 1.807) is 13.1 Å². The molecule has 0 saturated heterocycles. The summed E-state index contributed by atoms with van der Waals surface area (Å²) in [5, 5.41) is 12.3. The lowest BCUT2D eigenvalue weighted by molar-refractivity contribution is 0.0527. The molecule has 0 radical (unpaired) electrons. The molecule has 1 aromatic heterocycles. The predicted octanol–water partition coefficient (Wildman–Crippen LogP) is 3.41. The lowest BCUT2D eigenvalue weighted by Gasteiger charge is -2.33. The number of anilines is 1. The monoisotopic (exact) mass is 410 g/mol. The van der Waals surface area contributed by atoms with Gasteiger partial charge in [0.1, 0.15) is 17.7 Å². The first-order chi connectivity index (χ1) is 14.4. The summed E-state index contributed by atoms with van der Waals surface area (Å²) in [7, 11) is 1.55. The van der Waals surface area contributed by atoms with Gasteiger partial charge in [-0.05, 0) is 35.7 Å². The van der Waals surface area contributed by atoms with E-state index in [9.17, 15) is 18.4 Å². The number of H-pyrrole nitrogens is 1. The van der Waals surface area contributed by atoms with Crippen LogP contribution in [0, 0.1) is 23.0 Å². The fourth-order valence-corrected chi connectivity index (χ4v) is 3.57. The number of nitriles is 1. The third-order valence-corrected chi connectivity index (χ3v) is 5.09. The van der Waals surface area contributed by atoms with Crippen LogP contribution in [0.3, 0.4) is 0 Å². The van der Waals surface area contributed by atoms with Crippen LogP contribution >= 0.6 is 0 Å². The van der Waals surface area contributed by atoms with Gasteiger partial charge in [0.25, 0.3) is 5.56 Å².